The molecule has 15 heavy (non-hydrogen) atoms. The number of nitrogens with zero attached hydrogens (tertiary/aromatic N) is 3. The van der Waals surface area contributed by atoms with Crippen LogP contribution in [-0.4, -0.2) is 26.1 Å². The number of benzene rings is 1. The Bertz CT molecular complexity index is 491. The zero-order valence-corrected chi connectivity index (χ0v) is 8.08. The van der Waals surface area contributed by atoms with Crippen LogP contribution in [0.15, 0.2) is 30.6 Å². The number of para-hydroxylation sites is 1. The zero-order chi connectivity index (χ0) is 10.8. The maximum absolute atomic E-state index is 11.0. The molecule has 0 saturated heterocycles. The van der Waals surface area contributed by atoms with E-state index in [1.165, 1.54) is 10.9 Å². The van der Waals surface area contributed by atoms with Crippen LogP contribution in [0.5, 0.6) is 0 Å². The first-order chi connectivity index (χ1) is 7.20. The van der Waals surface area contributed by atoms with Crippen LogP contribution in [-0.2, 0) is 0 Å². The van der Waals surface area contributed by atoms with Gasteiger partial charge in [-0.2, -0.15) is 0 Å². The maximum Gasteiger partial charge on any atom is 0.337 e. The summed E-state index contributed by atoms with van der Waals surface area (Å²) in [5.41, 5.74) is 1.63. The molecule has 0 atom stereocenters. The van der Waals surface area contributed by atoms with Crippen LogP contribution in [0, 0.1) is 6.92 Å². The number of aryl methyl sites for hydroxylation is 1. The van der Waals surface area contributed by atoms with E-state index in [0.29, 0.717) is 5.69 Å². The lowest BCUT2D eigenvalue weighted by atomic mass is 10.1. The minimum absolute atomic E-state index is 0.223. The number of hydrogen-bond acceptors (Lipinski definition) is 3. The second-order valence-corrected chi connectivity index (χ2v) is 3.12. The van der Waals surface area contributed by atoms with Crippen molar-refractivity contribution in [3.05, 3.63) is 41.7 Å². The lowest BCUT2D eigenvalue weighted by molar-refractivity contribution is 0.0696. The summed E-state index contributed by atoms with van der Waals surface area (Å²) in [4.78, 5) is 11.0. The molecular weight excluding hydrogens is 194 g/mol. The summed E-state index contributed by atoms with van der Waals surface area (Å²) in [5, 5.41) is 16.5. The molecule has 0 aliphatic heterocycles. The topological polar surface area (TPSA) is 68.0 Å². The molecule has 0 fully saturated rings. The Labute approximate surface area is 86.0 Å². The molecule has 1 aromatic carbocycles. The monoisotopic (exact) mass is 203 g/mol. The van der Waals surface area contributed by atoms with E-state index >= 15 is 0 Å². The molecule has 0 amide bonds. The van der Waals surface area contributed by atoms with Gasteiger partial charge in [0.05, 0.1) is 23.6 Å². The number of aromatic nitrogens is 3. The molecule has 0 radical (unpaired) electrons. The average molecular weight is 203 g/mol. The van der Waals surface area contributed by atoms with E-state index in [9.17, 15) is 4.79 Å². The third-order valence-electron chi connectivity index (χ3n) is 2.12. The van der Waals surface area contributed by atoms with Crippen molar-refractivity contribution in [3.63, 3.8) is 0 Å². The van der Waals surface area contributed by atoms with Gasteiger partial charge < -0.3 is 5.11 Å². The second kappa shape index (κ2) is 3.53. The molecule has 0 aliphatic rings. The Kier molecular flexibility index (Phi) is 2.21. The van der Waals surface area contributed by atoms with Gasteiger partial charge in [-0.25, -0.2) is 9.48 Å². The van der Waals surface area contributed by atoms with Crippen molar-refractivity contribution in [1.82, 2.24) is 15.0 Å². The summed E-state index contributed by atoms with van der Waals surface area (Å²) in [6, 6.07) is 5.09. The van der Waals surface area contributed by atoms with E-state index in [4.69, 9.17) is 5.11 Å². The Hall–Kier alpha value is -2.17. The minimum atomic E-state index is -0.968. The van der Waals surface area contributed by atoms with Gasteiger partial charge in [-0.3, -0.25) is 0 Å². The predicted molar refractivity (Wildman–Crippen MR) is 53.1 cm³/mol. The highest BCUT2D eigenvalue weighted by atomic mass is 16.4. The number of carboxylic acid groups (broad SMARTS) is 1. The normalized spacial score (nSPS) is 10.2. The number of carbonyl (C=O) groups is 1. The highest BCUT2D eigenvalue weighted by molar-refractivity contribution is 5.92. The van der Waals surface area contributed by atoms with Crippen LogP contribution in [0.1, 0.15) is 15.9 Å². The van der Waals surface area contributed by atoms with E-state index in [1.807, 2.05) is 13.0 Å². The molecular formula is C10H9N3O2. The van der Waals surface area contributed by atoms with Crippen molar-refractivity contribution in [2.24, 2.45) is 0 Å². The maximum atomic E-state index is 11.0. The Balaban J connectivity index is 2.68. The standard InChI is InChI=1S/C10H9N3O2/c1-7-3-2-4-8(10(14)15)9(7)13-6-5-11-12-13/h2-6H,1H3,(H,14,15). The van der Waals surface area contributed by atoms with Crippen molar-refractivity contribution in [1.29, 1.82) is 0 Å². The third-order valence-corrected chi connectivity index (χ3v) is 2.12. The first-order valence-electron chi connectivity index (χ1n) is 4.40. The highest BCUT2D eigenvalue weighted by Crippen LogP contribution is 2.17. The molecule has 5 nitrogen and oxygen atoms in total. The molecule has 2 rings (SSSR count). The number of rotatable bonds is 2. The lowest BCUT2D eigenvalue weighted by Crippen LogP contribution is -2.07. The lowest BCUT2D eigenvalue weighted by Gasteiger charge is -2.08. The van der Waals surface area contributed by atoms with Crippen molar-refractivity contribution >= 4 is 5.97 Å². The van der Waals surface area contributed by atoms with Crippen molar-refractivity contribution in [2.45, 2.75) is 6.92 Å². The highest BCUT2D eigenvalue weighted by Gasteiger charge is 2.13. The van der Waals surface area contributed by atoms with Crippen LogP contribution in [0.25, 0.3) is 5.69 Å². The fourth-order valence-electron chi connectivity index (χ4n) is 1.46. The third kappa shape index (κ3) is 1.59. The fraction of sp³-hybridized carbons (Fsp3) is 0.100. The molecule has 0 saturated carbocycles. The molecule has 0 spiro atoms. The van der Waals surface area contributed by atoms with Gasteiger partial charge in [0.25, 0.3) is 0 Å². The minimum Gasteiger partial charge on any atom is -0.478 e. The quantitative estimate of drug-likeness (QED) is 0.798. The van der Waals surface area contributed by atoms with Gasteiger partial charge in [0, 0.05) is 0 Å². The van der Waals surface area contributed by atoms with E-state index in [2.05, 4.69) is 10.3 Å². The van der Waals surface area contributed by atoms with Crippen LogP contribution in [0.2, 0.25) is 0 Å². The van der Waals surface area contributed by atoms with Gasteiger partial charge in [-0.15, -0.1) is 5.10 Å². The van der Waals surface area contributed by atoms with Crippen LogP contribution in [0.3, 0.4) is 0 Å². The van der Waals surface area contributed by atoms with E-state index in [-0.39, 0.29) is 5.56 Å². The summed E-state index contributed by atoms with van der Waals surface area (Å²) in [5.74, 6) is -0.968. The van der Waals surface area contributed by atoms with E-state index in [1.54, 1.807) is 18.3 Å². The first kappa shape index (κ1) is 9.39. The Morgan fingerprint density at radius 3 is 2.87 bits per heavy atom. The molecule has 2 aromatic rings. The van der Waals surface area contributed by atoms with Crippen LogP contribution in [0.4, 0.5) is 0 Å². The summed E-state index contributed by atoms with van der Waals surface area (Å²) >= 11 is 0. The zero-order valence-electron chi connectivity index (χ0n) is 8.08. The summed E-state index contributed by atoms with van der Waals surface area (Å²) in [7, 11) is 0. The van der Waals surface area contributed by atoms with E-state index < -0.39 is 5.97 Å². The molecule has 5 heteroatoms. The fourth-order valence-corrected chi connectivity index (χ4v) is 1.46. The molecule has 0 unspecified atom stereocenters. The number of carboxylic acids is 1. The smallest absolute Gasteiger partial charge is 0.337 e. The Morgan fingerprint density at radius 1 is 1.47 bits per heavy atom. The van der Waals surface area contributed by atoms with Gasteiger partial charge in [0.1, 0.15) is 0 Å². The van der Waals surface area contributed by atoms with Gasteiger partial charge in [0.15, 0.2) is 0 Å². The van der Waals surface area contributed by atoms with E-state index in [0.717, 1.165) is 5.56 Å². The summed E-state index contributed by atoms with van der Waals surface area (Å²) in [6.45, 7) is 1.84. The molecule has 76 valence electrons. The predicted octanol–water partition coefficient (Wildman–Crippen LogP) is 1.27. The van der Waals surface area contributed by atoms with Crippen LogP contribution < -0.4 is 0 Å². The Morgan fingerprint density at radius 2 is 2.27 bits per heavy atom. The number of aromatic carboxylic acids is 1. The first-order valence-corrected chi connectivity index (χ1v) is 4.40. The van der Waals surface area contributed by atoms with Crippen molar-refractivity contribution in [2.75, 3.05) is 0 Å². The van der Waals surface area contributed by atoms with Gasteiger partial charge in [-0.1, -0.05) is 17.3 Å². The summed E-state index contributed by atoms with van der Waals surface area (Å²) in [6.07, 6.45) is 3.13. The molecule has 0 bridgehead atoms. The van der Waals surface area contributed by atoms with Crippen LogP contribution >= 0.6 is 0 Å². The average Bonchev–Trinajstić information content (AvgIpc) is 2.70. The molecule has 1 N–H and O–H groups in total. The van der Waals surface area contributed by atoms with Crippen molar-refractivity contribution < 1.29 is 9.90 Å². The second-order valence-electron chi connectivity index (χ2n) is 3.12. The van der Waals surface area contributed by atoms with Gasteiger partial charge in [-0.05, 0) is 18.6 Å². The van der Waals surface area contributed by atoms with Gasteiger partial charge >= 0.3 is 5.97 Å². The largest absolute Gasteiger partial charge is 0.478 e. The molecule has 1 aromatic heterocycles. The molecule has 0 aliphatic carbocycles. The summed E-state index contributed by atoms with van der Waals surface area (Å²) < 4.78 is 1.46. The van der Waals surface area contributed by atoms with Crippen molar-refractivity contribution in [3.8, 4) is 5.69 Å². The molecule has 1 heterocycles. The van der Waals surface area contributed by atoms with Gasteiger partial charge in [0.2, 0.25) is 0 Å². The number of hydrogen-bond donors (Lipinski definition) is 1. The SMILES string of the molecule is Cc1cccc(C(=O)O)c1-n1ccnn1.